The highest BCUT2D eigenvalue weighted by molar-refractivity contribution is 8.03. The molecule has 1 aromatic carbocycles. The molecule has 0 saturated carbocycles. The fraction of sp³-hybridized carbons (Fsp3) is 0.167. The summed E-state index contributed by atoms with van der Waals surface area (Å²) in [5.74, 6) is 0. The third-order valence-corrected chi connectivity index (χ3v) is 4.84. The highest BCUT2D eigenvalue weighted by Crippen LogP contribution is 2.37. The largest absolute Gasteiger partial charge is 0.252 e. The molecular formula is C18H17Cl2NS. The van der Waals surface area contributed by atoms with Gasteiger partial charge >= 0.3 is 0 Å². The number of benzene rings is 1. The first kappa shape index (κ1) is 17.1. The number of halogens is 2. The van der Waals surface area contributed by atoms with Gasteiger partial charge in [-0.25, -0.2) is 0 Å². The average Bonchev–Trinajstić information content (AvgIpc) is 2.57. The molecule has 0 saturated heterocycles. The van der Waals surface area contributed by atoms with Gasteiger partial charge in [-0.05, 0) is 32.9 Å². The summed E-state index contributed by atoms with van der Waals surface area (Å²) in [6.07, 6.45) is 3.45. The van der Waals surface area contributed by atoms with E-state index in [-0.39, 0.29) is 0 Å². The first-order chi connectivity index (χ1) is 10.4. The lowest BCUT2D eigenvalue weighted by molar-refractivity contribution is 1.27. The molecule has 1 aliphatic rings. The smallest absolute Gasteiger partial charge is 0.0803 e. The first-order valence-corrected chi connectivity index (χ1v) is 8.41. The lowest BCUT2D eigenvalue weighted by Crippen LogP contribution is -2.06. The zero-order valence-corrected chi connectivity index (χ0v) is 15.1. The first-order valence-electron chi connectivity index (χ1n) is 6.84. The van der Waals surface area contributed by atoms with Crippen LogP contribution in [-0.4, -0.2) is 5.71 Å². The molecule has 0 amide bonds. The lowest BCUT2D eigenvalue weighted by Gasteiger charge is -2.11. The summed E-state index contributed by atoms with van der Waals surface area (Å²) in [5.41, 5.74) is 3.64. The molecule has 0 unspecified atom stereocenters. The van der Waals surface area contributed by atoms with Crippen molar-refractivity contribution < 1.29 is 0 Å². The molecule has 0 atom stereocenters. The van der Waals surface area contributed by atoms with Crippen LogP contribution >= 0.6 is 35.0 Å². The van der Waals surface area contributed by atoms with Crippen molar-refractivity contribution in [3.05, 3.63) is 74.8 Å². The molecule has 0 aliphatic carbocycles. The second-order valence-electron chi connectivity index (χ2n) is 4.90. The number of thioether (sulfide) groups is 1. The fourth-order valence-electron chi connectivity index (χ4n) is 2.06. The molecule has 114 valence electrons. The van der Waals surface area contributed by atoms with Gasteiger partial charge < -0.3 is 0 Å². The molecule has 0 aromatic heterocycles. The van der Waals surface area contributed by atoms with E-state index in [1.54, 1.807) is 30.8 Å². The minimum atomic E-state index is 0.536. The van der Waals surface area contributed by atoms with E-state index in [1.807, 2.05) is 19.1 Å². The Morgan fingerprint density at radius 2 is 1.91 bits per heavy atom. The van der Waals surface area contributed by atoms with Crippen LogP contribution in [-0.2, 0) is 0 Å². The molecule has 0 radical (unpaired) electrons. The molecular weight excluding hydrogens is 333 g/mol. The average molecular weight is 350 g/mol. The van der Waals surface area contributed by atoms with Crippen molar-refractivity contribution in [1.82, 2.24) is 0 Å². The van der Waals surface area contributed by atoms with E-state index in [9.17, 15) is 0 Å². The number of rotatable bonds is 3. The summed E-state index contributed by atoms with van der Waals surface area (Å²) >= 11 is 14.1. The van der Waals surface area contributed by atoms with Crippen molar-refractivity contribution in [1.29, 1.82) is 0 Å². The van der Waals surface area contributed by atoms with E-state index >= 15 is 0 Å². The third kappa shape index (κ3) is 3.75. The van der Waals surface area contributed by atoms with E-state index < -0.39 is 0 Å². The van der Waals surface area contributed by atoms with Gasteiger partial charge in [0.25, 0.3) is 0 Å². The van der Waals surface area contributed by atoms with Crippen molar-refractivity contribution in [2.45, 2.75) is 25.7 Å². The summed E-state index contributed by atoms with van der Waals surface area (Å²) in [4.78, 5) is 7.12. The van der Waals surface area contributed by atoms with Crippen LogP contribution in [0.3, 0.4) is 0 Å². The minimum Gasteiger partial charge on any atom is -0.252 e. The van der Waals surface area contributed by atoms with Crippen molar-refractivity contribution in [3.63, 3.8) is 0 Å². The Morgan fingerprint density at radius 1 is 1.23 bits per heavy atom. The highest BCUT2D eigenvalue weighted by atomic mass is 35.5. The summed E-state index contributed by atoms with van der Waals surface area (Å²) in [7, 11) is 0. The van der Waals surface area contributed by atoms with Gasteiger partial charge in [-0.1, -0.05) is 65.8 Å². The van der Waals surface area contributed by atoms with E-state index in [1.165, 1.54) is 4.91 Å². The summed E-state index contributed by atoms with van der Waals surface area (Å²) < 4.78 is 0. The van der Waals surface area contributed by atoms with Crippen LogP contribution in [0.5, 0.6) is 0 Å². The van der Waals surface area contributed by atoms with E-state index in [0.717, 1.165) is 27.4 Å². The second kappa shape index (κ2) is 7.36. The Kier molecular flexibility index (Phi) is 5.74. The normalized spacial score (nSPS) is 16.6. The Bertz CT molecular complexity index is 735. The highest BCUT2D eigenvalue weighted by Gasteiger charge is 2.19. The van der Waals surface area contributed by atoms with Crippen LogP contribution < -0.4 is 0 Å². The van der Waals surface area contributed by atoms with E-state index in [0.29, 0.717) is 10.1 Å². The third-order valence-electron chi connectivity index (χ3n) is 3.24. The molecule has 1 nitrogen and oxygen atoms in total. The van der Waals surface area contributed by atoms with Crippen molar-refractivity contribution >= 4 is 40.7 Å². The lowest BCUT2D eigenvalue weighted by atomic mass is 10.0. The van der Waals surface area contributed by atoms with E-state index in [2.05, 4.69) is 25.6 Å². The number of hydrogen-bond acceptors (Lipinski definition) is 2. The molecule has 4 heteroatoms. The van der Waals surface area contributed by atoms with Gasteiger partial charge in [0.05, 0.1) is 10.7 Å². The van der Waals surface area contributed by atoms with Crippen LogP contribution in [0, 0.1) is 0 Å². The Morgan fingerprint density at radius 3 is 2.55 bits per heavy atom. The summed E-state index contributed by atoms with van der Waals surface area (Å²) in [6, 6.07) is 8.17. The van der Waals surface area contributed by atoms with Crippen LogP contribution in [0.4, 0.5) is 0 Å². The Balaban J connectivity index is 2.73. The van der Waals surface area contributed by atoms with Crippen LogP contribution in [0.2, 0.25) is 0 Å². The van der Waals surface area contributed by atoms with E-state index in [4.69, 9.17) is 28.2 Å². The van der Waals surface area contributed by atoms with Gasteiger partial charge in [-0.3, -0.25) is 4.99 Å². The topological polar surface area (TPSA) is 12.4 Å². The quantitative estimate of drug-likeness (QED) is 0.556. The molecule has 22 heavy (non-hydrogen) atoms. The van der Waals surface area contributed by atoms with Gasteiger partial charge in [0, 0.05) is 31.7 Å². The van der Waals surface area contributed by atoms with Crippen LogP contribution in [0.15, 0.2) is 79.1 Å². The number of allylic oxidation sites excluding steroid dienone is 7. The zero-order chi connectivity index (χ0) is 16.3. The summed E-state index contributed by atoms with van der Waals surface area (Å²) in [5, 5.41) is 1.15. The van der Waals surface area contributed by atoms with Crippen LogP contribution in [0.25, 0.3) is 0 Å². The molecule has 1 heterocycles. The predicted octanol–water partition coefficient (Wildman–Crippen LogP) is 6.65. The maximum Gasteiger partial charge on any atom is 0.0803 e. The van der Waals surface area contributed by atoms with Crippen molar-refractivity contribution in [3.8, 4) is 0 Å². The molecule has 0 bridgehead atoms. The number of hydrogen-bond donors (Lipinski definition) is 0. The fourth-order valence-corrected chi connectivity index (χ4v) is 3.50. The maximum atomic E-state index is 6.42. The summed E-state index contributed by atoms with van der Waals surface area (Å²) in [6.45, 7) is 9.76. The zero-order valence-electron chi connectivity index (χ0n) is 12.8. The molecule has 1 aromatic rings. The van der Waals surface area contributed by atoms with Gasteiger partial charge in [0.1, 0.15) is 0 Å². The van der Waals surface area contributed by atoms with Gasteiger partial charge in [0.15, 0.2) is 0 Å². The van der Waals surface area contributed by atoms with Crippen LogP contribution in [0.1, 0.15) is 26.3 Å². The van der Waals surface area contributed by atoms with Crippen molar-refractivity contribution in [2.75, 3.05) is 0 Å². The standard InChI is InChI=1S/C18H17Cl2NS/c1-5-14(16(20)10-11(2)19)18-15-8-6-7-9-17(15)22-13(4)12(3)21-18/h5-10H,1H2,2-4H3/b11-10+,16-14-. The number of nitrogens with zero attached hydrogens (tertiary/aromatic N) is 1. The number of fused-ring (bicyclic) bond motifs is 1. The minimum absolute atomic E-state index is 0.536. The van der Waals surface area contributed by atoms with Gasteiger partial charge in [-0.15, -0.1) is 0 Å². The Hall–Kier alpha value is -1.22. The number of aliphatic imine (C=N–C) groups is 1. The maximum absolute atomic E-state index is 6.42. The van der Waals surface area contributed by atoms with Crippen molar-refractivity contribution in [2.24, 2.45) is 4.99 Å². The SMILES string of the molecule is C=C/C(C1=NC(C)=C(C)Sc2ccccc21)=C(Cl)\C=C(/C)Cl. The molecule has 0 spiro atoms. The molecule has 1 aliphatic heterocycles. The monoisotopic (exact) mass is 349 g/mol. The molecule has 0 N–H and O–H groups in total. The molecule has 2 rings (SSSR count). The van der Waals surface area contributed by atoms with Gasteiger partial charge in [-0.2, -0.15) is 0 Å². The Labute approximate surface area is 146 Å². The second-order valence-corrected chi connectivity index (χ2v) is 7.16. The van der Waals surface area contributed by atoms with Gasteiger partial charge in [0.2, 0.25) is 0 Å². The molecule has 0 fully saturated rings. The predicted molar refractivity (Wildman–Crippen MR) is 99.9 cm³/mol.